The van der Waals surface area contributed by atoms with Crippen molar-refractivity contribution in [2.75, 3.05) is 0 Å². The zero-order valence-corrected chi connectivity index (χ0v) is 24.6. The minimum atomic E-state index is -0.470. The van der Waals surface area contributed by atoms with Crippen LogP contribution in [0, 0.1) is 0 Å². The molecular formula is C35H46O3. The van der Waals surface area contributed by atoms with Crippen LogP contribution >= 0.6 is 0 Å². The van der Waals surface area contributed by atoms with Gasteiger partial charge in [0.2, 0.25) is 0 Å². The van der Waals surface area contributed by atoms with E-state index < -0.39 is 5.41 Å². The fourth-order valence-electron chi connectivity index (χ4n) is 4.35. The lowest BCUT2D eigenvalue weighted by molar-refractivity contribution is 0.473. The standard InChI is InChI=1S/C29H28O3.3C2H6/c1-28(2,21-8-14-25(30)15-9-21)20-4-6-22(7-5-20)29(3,23-10-16-26(31)17-11-23)24-12-18-27(32)19-13-24;3*1-2/h4-19,30-32H,1-3H3;3*1-2H3. The molecule has 0 fully saturated rings. The van der Waals surface area contributed by atoms with Crippen molar-refractivity contribution in [2.45, 2.75) is 73.1 Å². The minimum Gasteiger partial charge on any atom is -0.508 e. The van der Waals surface area contributed by atoms with Crippen LogP contribution in [0.25, 0.3) is 0 Å². The number of hydrogen-bond donors (Lipinski definition) is 3. The van der Waals surface area contributed by atoms with E-state index in [0.29, 0.717) is 0 Å². The molecular weight excluding hydrogens is 468 g/mol. The Labute approximate surface area is 230 Å². The molecule has 0 atom stereocenters. The van der Waals surface area contributed by atoms with Crippen molar-refractivity contribution in [1.82, 2.24) is 0 Å². The van der Waals surface area contributed by atoms with Gasteiger partial charge in [0.05, 0.1) is 0 Å². The highest BCUT2D eigenvalue weighted by atomic mass is 16.3. The van der Waals surface area contributed by atoms with E-state index in [1.807, 2.05) is 77.9 Å². The quantitative estimate of drug-likeness (QED) is 0.232. The van der Waals surface area contributed by atoms with Gasteiger partial charge in [0.25, 0.3) is 0 Å². The predicted molar refractivity (Wildman–Crippen MR) is 162 cm³/mol. The van der Waals surface area contributed by atoms with Gasteiger partial charge >= 0.3 is 0 Å². The van der Waals surface area contributed by atoms with Crippen LogP contribution in [0.15, 0.2) is 97.1 Å². The van der Waals surface area contributed by atoms with Crippen LogP contribution < -0.4 is 0 Å². The molecule has 3 nitrogen and oxygen atoms in total. The van der Waals surface area contributed by atoms with Crippen LogP contribution in [-0.4, -0.2) is 15.3 Å². The summed E-state index contributed by atoms with van der Waals surface area (Å²) in [5.41, 5.74) is 4.81. The largest absolute Gasteiger partial charge is 0.508 e. The SMILES string of the molecule is CC.CC.CC.CC(C)(c1ccc(O)cc1)c1ccc(C(C)(c2ccc(O)cc2)c2ccc(O)cc2)cc1. The first kappa shape index (κ1) is 32.3. The van der Waals surface area contributed by atoms with Gasteiger partial charge in [-0.3, -0.25) is 0 Å². The van der Waals surface area contributed by atoms with E-state index in [2.05, 4.69) is 45.0 Å². The number of benzene rings is 4. The lowest BCUT2D eigenvalue weighted by Gasteiger charge is -2.33. The van der Waals surface area contributed by atoms with Crippen LogP contribution in [0.1, 0.15) is 90.1 Å². The van der Waals surface area contributed by atoms with Gasteiger partial charge in [-0.05, 0) is 71.1 Å². The van der Waals surface area contributed by atoms with Crippen LogP contribution in [0.5, 0.6) is 17.2 Å². The average Bonchev–Trinajstić information content (AvgIpc) is 2.97. The molecule has 38 heavy (non-hydrogen) atoms. The highest BCUT2D eigenvalue weighted by Crippen LogP contribution is 2.41. The molecule has 0 unspecified atom stereocenters. The van der Waals surface area contributed by atoms with Gasteiger partial charge in [-0.15, -0.1) is 0 Å². The molecule has 0 aliphatic rings. The second-order valence-electron chi connectivity index (χ2n) is 8.97. The molecule has 3 N–H and O–H groups in total. The van der Waals surface area contributed by atoms with Gasteiger partial charge in [-0.25, -0.2) is 0 Å². The van der Waals surface area contributed by atoms with Crippen molar-refractivity contribution in [1.29, 1.82) is 0 Å². The number of phenolic OH excluding ortho intramolecular Hbond substituents is 3. The number of hydrogen-bond acceptors (Lipinski definition) is 3. The molecule has 4 aromatic rings. The molecule has 0 aliphatic heterocycles. The van der Waals surface area contributed by atoms with E-state index in [0.717, 1.165) is 22.3 Å². The molecule has 0 spiro atoms. The van der Waals surface area contributed by atoms with Gasteiger partial charge in [-0.1, -0.05) is 116 Å². The van der Waals surface area contributed by atoms with Crippen molar-refractivity contribution >= 4 is 0 Å². The molecule has 0 amide bonds. The maximum Gasteiger partial charge on any atom is 0.115 e. The van der Waals surface area contributed by atoms with Gasteiger partial charge in [0, 0.05) is 10.8 Å². The molecule has 0 saturated carbocycles. The molecule has 0 radical (unpaired) electrons. The summed E-state index contributed by atoms with van der Waals surface area (Å²) in [4.78, 5) is 0. The summed E-state index contributed by atoms with van der Waals surface area (Å²) in [7, 11) is 0. The summed E-state index contributed by atoms with van der Waals surface area (Å²) >= 11 is 0. The van der Waals surface area contributed by atoms with E-state index in [9.17, 15) is 15.3 Å². The Kier molecular flexibility index (Phi) is 12.6. The van der Waals surface area contributed by atoms with Crippen molar-refractivity contribution in [3.05, 3.63) is 125 Å². The Morgan fingerprint density at radius 2 is 0.526 bits per heavy atom. The third kappa shape index (κ3) is 7.19. The first-order chi connectivity index (χ1) is 18.2. The van der Waals surface area contributed by atoms with Gasteiger partial charge < -0.3 is 15.3 Å². The Bertz CT molecular complexity index is 1140. The number of rotatable bonds is 5. The van der Waals surface area contributed by atoms with Crippen molar-refractivity contribution in [3.8, 4) is 17.2 Å². The Balaban J connectivity index is 0.00000112. The van der Waals surface area contributed by atoms with E-state index in [-0.39, 0.29) is 22.7 Å². The molecule has 4 aromatic carbocycles. The van der Waals surface area contributed by atoms with E-state index in [1.54, 1.807) is 36.4 Å². The lowest BCUT2D eigenvalue weighted by Crippen LogP contribution is -2.26. The van der Waals surface area contributed by atoms with Gasteiger partial charge in [0.15, 0.2) is 0 Å². The van der Waals surface area contributed by atoms with Gasteiger partial charge in [0.1, 0.15) is 17.2 Å². The van der Waals surface area contributed by atoms with E-state index >= 15 is 0 Å². The highest BCUT2D eigenvalue weighted by Gasteiger charge is 2.32. The van der Waals surface area contributed by atoms with Crippen LogP contribution in [0.4, 0.5) is 0 Å². The molecule has 0 saturated heterocycles. The monoisotopic (exact) mass is 514 g/mol. The summed E-state index contributed by atoms with van der Waals surface area (Å²) < 4.78 is 0. The zero-order valence-electron chi connectivity index (χ0n) is 24.6. The van der Waals surface area contributed by atoms with Crippen molar-refractivity contribution < 1.29 is 15.3 Å². The Hall–Kier alpha value is -3.72. The fourth-order valence-corrected chi connectivity index (χ4v) is 4.35. The summed E-state index contributed by atoms with van der Waals surface area (Å²) in [6.45, 7) is 18.5. The van der Waals surface area contributed by atoms with E-state index in [1.165, 1.54) is 5.56 Å². The first-order valence-corrected chi connectivity index (χ1v) is 13.7. The van der Waals surface area contributed by atoms with Crippen molar-refractivity contribution in [2.24, 2.45) is 0 Å². The fraction of sp³-hybridized carbons (Fsp3) is 0.314. The Morgan fingerprint density at radius 1 is 0.342 bits per heavy atom. The average molecular weight is 515 g/mol. The second kappa shape index (κ2) is 14.9. The molecule has 0 heterocycles. The topological polar surface area (TPSA) is 60.7 Å². The molecule has 4 rings (SSSR count). The maximum absolute atomic E-state index is 9.80. The predicted octanol–water partition coefficient (Wildman–Crippen LogP) is 9.56. The molecule has 0 aromatic heterocycles. The van der Waals surface area contributed by atoms with Gasteiger partial charge in [-0.2, -0.15) is 0 Å². The van der Waals surface area contributed by atoms with E-state index in [4.69, 9.17) is 0 Å². The Morgan fingerprint density at radius 3 is 0.789 bits per heavy atom. The first-order valence-electron chi connectivity index (χ1n) is 13.7. The van der Waals surface area contributed by atoms with Crippen LogP contribution in [0.3, 0.4) is 0 Å². The van der Waals surface area contributed by atoms with Crippen molar-refractivity contribution in [3.63, 3.8) is 0 Å². The summed E-state index contributed by atoms with van der Waals surface area (Å²) in [6, 6.07) is 30.5. The lowest BCUT2D eigenvalue weighted by atomic mass is 9.70. The third-order valence-corrected chi connectivity index (χ3v) is 6.66. The number of aromatic hydroxyl groups is 3. The molecule has 0 bridgehead atoms. The minimum absolute atomic E-state index is 0.223. The number of phenols is 3. The molecule has 3 heteroatoms. The second-order valence-corrected chi connectivity index (χ2v) is 8.97. The summed E-state index contributed by atoms with van der Waals surface area (Å²) in [5, 5.41) is 29.2. The smallest absolute Gasteiger partial charge is 0.115 e. The molecule has 0 aliphatic carbocycles. The van der Waals surface area contributed by atoms with Crippen LogP contribution in [0.2, 0.25) is 0 Å². The normalized spacial score (nSPS) is 10.6. The maximum atomic E-state index is 9.80. The zero-order chi connectivity index (χ0) is 28.9. The molecule has 204 valence electrons. The highest BCUT2D eigenvalue weighted by molar-refractivity contribution is 5.52. The summed E-state index contributed by atoms with van der Waals surface area (Å²) in [5.74, 6) is 0.721. The summed E-state index contributed by atoms with van der Waals surface area (Å²) in [6.07, 6.45) is 0. The van der Waals surface area contributed by atoms with Crippen LogP contribution in [-0.2, 0) is 10.8 Å². The third-order valence-electron chi connectivity index (χ3n) is 6.66.